The first-order chi connectivity index (χ1) is 5.41. The summed E-state index contributed by atoms with van der Waals surface area (Å²) in [6.45, 7) is 7.81. The van der Waals surface area contributed by atoms with Crippen LogP contribution in [0.1, 0.15) is 32.2 Å². The molecule has 0 unspecified atom stereocenters. The van der Waals surface area contributed by atoms with Crippen molar-refractivity contribution in [1.82, 2.24) is 9.97 Å². The third-order valence-electron chi connectivity index (χ3n) is 1.64. The van der Waals surface area contributed by atoms with Gasteiger partial charge in [-0.1, -0.05) is 20.8 Å². The molecule has 0 N–H and O–H groups in total. The first-order valence-electron chi connectivity index (χ1n) is 3.91. The van der Waals surface area contributed by atoms with Gasteiger partial charge in [0.15, 0.2) is 0 Å². The summed E-state index contributed by atoms with van der Waals surface area (Å²) in [5.74, 6) is -0.509. The van der Waals surface area contributed by atoms with Crippen LogP contribution in [0.2, 0.25) is 0 Å². The maximum atomic E-state index is 12.7. The van der Waals surface area contributed by atoms with Gasteiger partial charge in [-0.05, 0) is 6.92 Å². The van der Waals surface area contributed by atoms with Crippen LogP contribution in [0.5, 0.6) is 0 Å². The molecule has 0 amide bonds. The Morgan fingerprint density at radius 3 is 2.33 bits per heavy atom. The summed E-state index contributed by atoms with van der Waals surface area (Å²) in [7, 11) is 0. The summed E-state index contributed by atoms with van der Waals surface area (Å²) in [6.07, 6.45) is 1.14. The monoisotopic (exact) mass is 168 g/mol. The van der Waals surface area contributed by atoms with E-state index in [9.17, 15) is 4.39 Å². The molecule has 0 radical (unpaired) electrons. The van der Waals surface area contributed by atoms with Crippen LogP contribution in [0.3, 0.4) is 0 Å². The Labute approximate surface area is 71.9 Å². The minimum atomic E-state index is -0.509. The van der Waals surface area contributed by atoms with Crippen LogP contribution < -0.4 is 0 Å². The van der Waals surface area contributed by atoms with Gasteiger partial charge in [-0.15, -0.1) is 0 Å². The molecule has 0 aliphatic carbocycles. The fraction of sp³-hybridized carbons (Fsp3) is 0.556. The Morgan fingerprint density at radius 2 is 1.92 bits per heavy atom. The highest BCUT2D eigenvalue weighted by molar-refractivity contribution is 5.17. The molecule has 0 saturated heterocycles. The van der Waals surface area contributed by atoms with E-state index in [1.165, 1.54) is 0 Å². The maximum absolute atomic E-state index is 12.7. The van der Waals surface area contributed by atoms with Crippen molar-refractivity contribution in [2.45, 2.75) is 33.1 Å². The van der Waals surface area contributed by atoms with Crippen LogP contribution in [-0.4, -0.2) is 9.97 Å². The lowest BCUT2D eigenvalue weighted by atomic mass is 9.90. The zero-order valence-electron chi connectivity index (χ0n) is 7.85. The van der Waals surface area contributed by atoms with Crippen molar-refractivity contribution in [2.75, 3.05) is 0 Å². The van der Waals surface area contributed by atoms with Crippen molar-refractivity contribution in [3.05, 3.63) is 23.5 Å². The van der Waals surface area contributed by atoms with E-state index in [0.29, 0.717) is 0 Å². The first kappa shape index (κ1) is 9.10. The first-order valence-corrected chi connectivity index (χ1v) is 3.91. The summed E-state index contributed by atoms with van der Waals surface area (Å²) in [5.41, 5.74) is 1.38. The molecule has 1 aromatic rings. The van der Waals surface area contributed by atoms with E-state index in [-0.39, 0.29) is 5.41 Å². The van der Waals surface area contributed by atoms with E-state index < -0.39 is 5.95 Å². The average Bonchev–Trinajstić information content (AvgIpc) is 1.92. The summed E-state index contributed by atoms with van der Waals surface area (Å²) in [5, 5.41) is 0. The second-order valence-electron chi connectivity index (χ2n) is 3.88. The number of nitrogens with zero attached hydrogens (tertiary/aromatic N) is 2. The molecule has 1 heterocycles. The fourth-order valence-electron chi connectivity index (χ4n) is 1.14. The van der Waals surface area contributed by atoms with Crippen LogP contribution >= 0.6 is 0 Å². The van der Waals surface area contributed by atoms with E-state index in [4.69, 9.17) is 0 Å². The SMILES string of the molecule is Cc1ncc(F)nc1C(C)(C)C. The van der Waals surface area contributed by atoms with Crippen molar-refractivity contribution < 1.29 is 4.39 Å². The van der Waals surface area contributed by atoms with Crippen molar-refractivity contribution >= 4 is 0 Å². The van der Waals surface area contributed by atoms with E-state index in [2.05, 4.69) is 9.97 Å². The molecule has 2 nitrogen and oxygen atoms in total. The van der Waals surface area contributed by atoms with Gasteiger partial charge in [-0.2, -0.15) is 4.39 Å². The van der Waals surface area contributed by atoms with Gasteiger partial charge in [-0.3, -0.25) is 4.98 Å². The highest BCUT2D eigenvalue weighted by Gasteiger charge is 2.19. The number of hydrogen-bond acceptors (Lipinski definition) is 2. The molecule has 0 bridgehead atoms. The Kier molecular flexibility index (Phi) is 2.13. The van der Waals surface area contributed by atoms with E-state index in [1.54, 1.807) is 0 Å². The molecule has 0 aliphatic rings. The number of aromatic nitrogens is 2. The largest absolute Gasteiger partial charge is 0.255 e. The second-order valence-corrected chi connectivity index (χ2v) is 3.88. The van der Waals surface area contributed by atoms with Crippen LogP contribution in [-0.2, 0) is 5.41 Å². The molecule has 1 rings (SSSR count). The van der Waals surface area contributed by atoms with Crippen molar-refractivity contribution in [2.24, 2.45) is 0 Å². The zero-order valence-corrected chi connectivity index (χ0v) is 7.85. The number of aryl methyl sites for hydroxylation is 1. The normalized spacial score (nSPS) is 11.8. The van der Waals surface area contributed by atoms with Crippen LogP contribution in [0.15, 0.2) is 6.20 Å². The molecule has 0 fully saturated rings. The molecule has 0 spiro atoms. The number of rotatable bonds is 0. The minimum Gasteiger partial charge on any atom is -0.255 e. The molecule has 0 saturated carbocycles. The van der Waals surface area contributed by atoms with Crippen molar-refractivity contribution in [1.29, 1.82) is 0 Å². The van der Waals surface area contributed by atoms with Crippen molar-refractivity contribution in [3.8, 4) is 0 Å². The number of halogens is 1. The van der Waals surface area contributed by atoms with Gasteiger partial charge in [-0.25, -0.2) is 4.98 Å². The fourth-order valence-corrected chi connectivity index (χ4v) is 1.14. The van der Waals surface area contributed by atoms with Gasteiger partial charge < -0.3 is 0 Å². The van der Waals surface area contributed by atoms with E-state index >= 15 is 0 Å². The average molecular weight is 168 g/mol. The second kappa shape index (κ2) is 2.81. The lowest BCUT2D eigenvalue weighted by molar-refractivity contribution is 0.510. The van der Waals surface area contributed by atoms with Crippen LogP contribution in [0, 0.1) is 12.9 Å². The maximum Gasteiger partial charge on any atom is 0.231 e. The molecular weight excluding hydrogens is 155 g/mol. The highest BCUT2D eigenvalue weighted by atomic mass is 19.1. The van der Waals surface area contributed by atoms with E-state index in [0.717, 1.165) is 17.6 Å². The van der Waals surface area contributed by atoms with Crippen molar-refractivity contribution in [3.63, 3.8) is 0 Å². The third-order valence-corrected chi connectivity index (χ3v) is 1.64. The van der Waals surface area contributed by atoms with Gasteiger partial charge in [0.1, 0.15) is 0 Å². The van der Waals surface area contributed by atoms with Gasteiger partial charge >= 0.3 is 0 Å². The standard InChI is InChI=1S/C9H13FN2/c1-6-8(9(2,3)4)12-7(10)5-11-6/h5H,1-4H3. The van der Waals surface area contributed by atoms with Gasteiger partial charge in [0.2, 0.25) is 5.95 Å². The van der Waals surface area contributed by atoms with Gasteiger partial charge in [0.05, 0.1) is 17.6 Å². The summed E-state index contributed by atoms with van der Waals surface area (Å²) in [6, 6.07) is 0. The van der Waals surface area contributed by atoms with Gasteiger partial charge in [0, 0.05) is 5.41 Å². The molecule has 0 aromatic carbocycles. The summed E-state index contributed by atoms with van der Waals surface area (Å²) in [4.78, 5) is 7.72. The smallest absolute Gasteiger partial charge is 0.231 e. The predicted octanol–water partition coefficient (Wildman–Crippen LogP) is 2.22. The topological polar surface area (TPSA) is 25.8 Å². The zero-order chi connectivity index (χ0) is 9.35. The Hall–Kier alpha value is -0.990. The van der Waals surface area contributed by atoms with Crippen LogP contribution in [0.25, 0.3) is 0 Å². The Balaban J connectivity index is 3.23. The lowest BCUT2D eigenvalue weighted by Gasteiger charge is -2.18. The summed E-state index contributed by atoms with van der Waals surface area (Å²) < 4.78 is 12.7. The predicted molar refractivity (Wildman–Crippen MR) is 45.4 cm³/mol. The summed E-state index contributed by atoms with van der Waals surface area (Å²) >= 11 is 0. The van der Waals surface area contributed by atoms with Gasteiger partial charge in [0.25, 0.3) is 0 Å². The Morgan fingerprint density at radius 1 is 1.33 bits per heavy atom. The quantitative estimate of drug-likeness (QED) is 0.593. The van der Waals surface area contributed by atoms with Crippen LogP contribution in [0.4, 0.5) is 4.39 Å². The molecule has 0 aliphatic heterocycles. The third kappa shape index (κ3) is 1.78. The number of hydrogen-bond donors (Lipinski definition) is 0. The molecular formula is C9H13FN2. The molecule has 12 heavy (non-hydrogen) atoms. The minimum absolute atomic E-state index is 0.140. The molecule has 1 aromatic heterocycles. The highest BCUT2D eigenvalue weighted by Crippen LogP contribution is 2.21. The molecule has 3 heteroatoms. The van der Waals surface area contributed by atoms with E-state index in [1.807, 2.05) is 27.7 Å². The Bertz CT molecular complexity index is 289. The molecule has 0 atom stereocenters. The lowest BCUT2D eigenvalue weighted by Crippen LogP contribution is -2.17. The molecule has 66 valence electrons.